The number of rotatable bonds is 8. The molecule has 1 unspecified atom stereocenters. The number of anilines is 1. The Bertz CT molecular complexity index is 841. The predicted octanol–water partition coefficient (Wildman–Crippen LogP) is 3.33. The van der Waals surface area contributed by atoms with E-state index >= 15 is 0 Å². The van der Waals surface area contributed by atoms with E-state index in [1.807, 2.05) is 13.8 Å². The van der Waals surface area contributed by atoms with Crippen molar-refractivity contribution in [1.29, 1.82) is 0 Å². The summed E-state index contributed by atoms with van der Waals surface area (Å²) >= 11 is 3.33. The quantitative estimate of drug-likeness (QED) is 0.484. The second kappa shape index (κ2) is 10.6. The van der Waals surface area contributed by atoms with Crippen LogP contribution in [-0.2, 0) is 9.59 Å². The van der Waals surface area contributed by atoms with E-state index in [0.29, 0.717) is 17.7 Å². The maximum Gasteiger partial charge on any atom is 0.319 e. The molecule has 2 rings (SSSR count). The molecule has 2 atom stereocenters. The Hall–Kier alpha value is -2.87. The number of nitrogens with one attached hydrogen (secondary N) is 3. The minimum absolute atomic E-state index is 0.141. The summed E-state index contributed by atoms with van der Waals surface area (Å²) in [7, 11) is 0. The Kier molecular flexibility index (Phi) is 8.21. The molecule has 8 heteroatoms. The molecule has 0 spiro atoms. The SMILES string of the molecule is CC(C)CC(NC(=O)Nc1ccc(Br)cc1)C(=O)N[C@H](C(N)=O)c1ccccc1. The molecule has 7 nitrogen and oxygen atoms in total. The topological polar surface area (TPSA) is 113 Å². The molecule has 154 valence electrons. The van der Waals surface area contributed by atoms with Gasteiger partial charge >= 0.3 is 6.03 Å². The Labute approximate surface area is 178 Å². The molecule has 0 saturated carbocycles. The van der Waals surface area contributed by atoms with Crippen molar-refractivity contribution in [2.45, 2.75) is 32.4 Å². The lowest BCUT2D eigenvalue weighted by Gasteiger charge is -2.23. The monoisotopic (exact) mass is 460 g/mol. The first kappa shape index (κ1) is 22.4. The highest BCUT2D eigenvalue weighted by Gasteiger charge is 2.27. The van der Waals surface area contributed by atoms with Crippen molar-refractivity contribution in [3.05, 3.63) is 64.6 Å². The predicted molar refractivity (Wildman–Crippen MR) is 116 cm³/mol. The Morgan fingerprint density at radius 1 is 0.966 bits per heavy atom. The lowest BCUT2D eigenvalue weighted by molar-refractivity contribution is -0.128. The highest BCUT2D eigenvalue weighted by Crippen LogP contribution is 2.15. The molecule has 2 aromatic carbocycles. The first-order valence-electron chi connectivity index (χ1n) is 9.24. The minimum atomic E-state index is -0.977. The summed E-state index contributed by atoms with van der Waals surface area (Å²) in [5.41, 5.74) is 6.65. The molecule has 0 aliphatic rings. The van der Waals surface area contributed by atoms with Gasteiger partial charge in [-0.05, 0) is 42.2 Å². The van der Waals surface area contributed by atoms with E-state index in [1.54, 1.807) is 54.6 Å². The van der Waals surface area contributed by atoms with Crippen LogP contribution in [0.4, 0.5) is 10.5 Å². The number of amides is 4. The van der Waals surface area contributed by atoms with Gasteiger partial charge in [-0.15, -0.1) is 0 Å². The maximum atomic E-state index is 12.8. The first-order valence-corrected chi connectivity index (χ1v) is 10.0. The molecule has 5 N–H and O–H groups in total. The van der Waals surface area contributed by atoms with Crippen LogP contribution in [0.1, 0.15) is 31.9 Å². The van der Waals surface area contributed by atoms with Gasteiger partial charge in [0, 0.05) is 10.2 Å². The molecule has 0 aromatic heterocycles. The van der Waals surface area contributed by atoms with Crippen molar-refractivity contribution in [1.82, 2.24) is 10.6 Å². The maximum absolute atomic E-state index is 12.8. The molecule has 29 heavy (non-hydrogen) atoms. The third kappa shape index (κ3) is 7.23. The molecular formula is C21H25BrN4O3. The first-order chi connectivity index (χ1) is 13.8. The van der Waals surface area contributed by atoms with Gasteiger partial charge in [-0.1, -0.05) is 60.1 Å². The number of carbonyl (C=O) groups is 3. The summed E-state index contributed by atoms with van der Waals surface area (Å²) in [5.74, 6) is -1.01. The van der Waals surface area contributed by atoms with Crippen LogP contribution < -0.4 is 21.7 Å². The van der Waals surface area contributed by atoms with Gasteiger partial charge < -0.3 is 21.7 Å². The molecule has 2 aromatic rings. The van der Waals surface area contributed by atoms with E-state index in [-0.39, 0.29) is 5.92 Å². The molecular weight excluding hydrogens is 436 g/mol. The molecule has 0 radical (unpaired) electrons. The lowest BCUT2D eigenvalue weighted by atomic mass is 10.0. The second-order valence-electron chi connectivity index (χ2n) is 7.04. The summed E-state index contributed by atoms with van der Waals surface area (Å²) in [5, 5.41) is 8.03. The largest absolute Gasteiger partial charge is 0.368 e. The van der Waals surface area contributed by atoms with Gasteiger partial charge in [0.25, 0.3) is 0 Å². The fraction of sp³-hybridized carbons (Fsp3) is 0.286. The van der Waals surface area contributed by atoms with Crippen molar-refractivity contribution in [2.24, 2.45) is 11.7 Å². The summed E-state index contributed by atoms with van der Waals surface area (Å²) in [6.07, 6.45) is 0.403. The number of nitrogens with two attached hydrogens (primary N) is 1. The van der Waals surface area contributed by atoms with Crippen LogP contribution in [0, 0.1) is 5.92 Å². The number of primary amides is 1. The molecule has 4 amide bonds. The van der Waals surface area contributed by atoms with Crippen molar-refractivity contribution in [3.63, 3.8) is 0 Å². The summed E-state index contributed by atoms with van der Waals surface area (Å²) in [6.45, 7) is 3.88. The molecule has 0 heterocycles. The van der Waals surface area contributed by atoms with E-state index in [4.69, 9.17) is 5.73 Å². The highest BCUT2D eigenvalue weighted by atomic mass is 79.9. The van der Waals surface area contributed by atoms with Crippen LogP contribution in [0.15, 0.2) is 59.1 Å². The van der Waals surface area contributed by atoms with Crippen molar-refractivity contribution < 1.29 is 14.4 Å². The van der Waals surface area contributed by atoms with E-state index in [1.165, 1.54) is 0 Å². The second-order valence-corrected chi connectivity index (χ2v) is 7.96. The normalized spacial score (nSPS) is 12.7. The number of halogens is 1. The number of carbonyl (C=O) groups excluding carboxylic acids is 3. The van der Waals surface area contributed by atoms with Crippen LogP contribution in [0.3, 0.4) is 0 Å². The standard InChI is InChI=1S/C21H25BrN4O3/c1-13(2)12-17(25-21(29)24-16-10-8-15(22)9-11-16)20(28)26-18(19(23)27)14-6-4-3-5-7-14/h3-11,13,17-18H,12H2,1-2H3,(H2,23,27)(H,26,28)(H2,24,25,29)/t17?,18-/m0/s1. The fourth-order valence-corrected chi connectivity index (χ4v) is 3.03. The van der Waals surface area contributed by atoms with E-state index in [2.05, 4.69) is 31.9 Å². The van der Waals surface area contributed by atoms with Crippen LogP contribution in [0.25, 0.3) is 0 Å². The molecule has 0 fully saturated rings. The van der Waals surface area contributed by atoms with Crippen LogP contribution in [0.5, 0.6) is 0 Å². The smallest absolute Gasteiger partial charge is 0.319 e. The van der Waals surface area contributed by atoms with Gasteiger partial charge in [0.15, 0.2) is 0 Å². The number of hydrogen-bond acceptors (Lipinski definition) is 3. The Morgan fingerprint density at radius 2 is 1.59 bits per heavy atom. The third-order valence-corrected chi connectivity index (χ3v) is 4.66. The van der Waals surface area contributed by atoms with Crippen molar-refractivity contribution in [3.8, 4) is 0 Å². The minimum Gasteiger partial charge on any atom is -0.368 e. The molecule has 0 aliphatic carbocycles. The van der Waals surface area contributed by atoms with Gasteiger partial charge in [-0.3, -0.25) is 9.59 Å². The Morgan fingerprint density at radius 3 is 2.14 bits per heavy atom. The van der Waals surface area contributed by atoms with E-state index in [9.17, 15) is 14.4 Å². The van der Waals surface area contributed by atoms with E-state index in [0.717, 1.165) is 4.47 Å². The van der Waals surface area contributed by atoms with E-state index < -0.39 is 29.9 Å². The lowest BCUT2D eigenvalue weighted by Crippen LogP contribution is -2.51. The van der Waals surface area contributed by atoms with Crippen molar-refractivity contribution in [2.75, 3.05) is 5.32 Å². The van der Waals surface area contributed by atoms with Gasteiger partial charge in [0.1, 0.15) is 12.1 Å². The van der Waals surface area contributed by atoms with Gasteiger partial charge in [-0.2, -0.15) is 0 Å². The third-order valence-electron chi connectivity index (χ3n) is 4.14. The zero-order valence-corrected chi connectivity index (χ0v) is 17.9. The van der Waals surface area contributed by atoms with Crippen LogP contribution in [-0.4, -0.2) is 23.9 Å². The summed E-state index contributed by atoms with van der Waals surface area (Å²) in [6, 6.07) is 13.5. The summed E-state index contributed by atoms with van der Waals surface area (Å²) < 4.78 is 0.888. The zero-order chi connectivity index (χ0) is 21.4. The Balaban J connectivity index is 2.09. The average molecular weight is 461 g/mol. The number of hydrogen-bond donors (Lipinski definition) is 4. The van der Waals surface area contributed by atoms with Gasteiger partial charge in [0.2, 0.25) is 11.8 Å². The summed E-state index contributed by atoms with van der Waals surface area (Å²) in [4.78, 5) is 37.1. The van der Waals surface area contributed by atoms with Crippen LogP contribution in [0.2, 0.25) is 0 Å². The van der Waals surface area contributed by atoms with Gasteiger partial charge in [0.05, 0.1) is 0 Å². The molecule has 0 bridgehead atoms. The zero-order valence-electron chi connectivity index (χ0n) is 16.3. The van der Waals surface area contributed by atoms with Crippen LogP contribution >= 0.6 is 15.9 Å². The average Bonchev–Trinajstić information content (AvgIpc) is 2.67. The highest BCUT2D eigenvalue weighted by molar-refractivity contribution is 9.10. The molecule has 0 aliphatic heterocycles. The van der Waals surface area contributed by atoms with Gasteiger partial charge in [-0.25, -0.2) is 4.79 Å². The molecule has 0 saturated heterocycles. The number of urea groups is 1. The number of benzene rings is 2. The fourth-order valence-electron chi connectivity index (χ4n) is 2.77. The van der Waals surface area contributed by atoms with Crippen molar-refractivity contribution >= 4 is 39.5 Å².